The van der Waals surface area contributed by atoms with E-state index >= 15 is 0 Å². The van der Waals surface area contributed by atoms with E-state index in [0.29, 0.717) is 18.0 Å². The molecule has 1 aromatic rings. The molecule has 2 unspecified atom stereocenters. The van der Waals surface area contributed by atoms with Crippen molar-refractivity contribution in [1.29, 1.82) is 0 Å². The van der Waals surface area contributed by atoms with Gasteiger partial charge in [0.1, 0.15) is 0 Å². The molecule has 0 saturated carbocycles. The summed E-state index contributed by atoms with van der Waals surface area (Å²) in [4.78, 5) is 2.24. The summed E-state index contributed by atoms with van der Waals surface area (Å²) >= 11 is 0. The zero-order valence-corrected chi connectivity index (χ0v) is 11.6. The Morgan fingerprint density at radius 1 is 1.21 bits per heavy atom. The topological polar surface area (TPSA) is 15.3 Å². The SMILES string of the molecule is Cl.Fc1cccc(CN2CCC3CNCC3C2)c1F. The van der Waals surface area contributed by atoms with Gasteiger partial charge in [-0.25, -0.2) is 8.78 Å². The number of benzene rings is 1. The molecular weight excluding hydrogens is 270 g/mol. The largest absolute Gasteiger partial charge is 0.316 e. The molecule has 1 aromatic carbocycles. The second kappa shape index (κ2) is 6.16. The molecular formula is C14H19ClF2N2. The summed E-state index contributed by atoms with van der Waals surface area (Å²) in [6.45, 7) is 4.68. The van der Waals surface area contributed by atoms with Gasteiger partial charge in [-0.3, -0.25) is 4.90 Å². The van der Waals surface area contributed by atoms with Gasteiger partial charge in [0.25, 0.3) is 0 Å². The summed E-state index contributed by atoms with van der Waals surface area (Å²) in [5.41, 5.74) is 0.472. The summed E-state index contributed by atoms with van der Waals surface area (Å²) in [5.74, 6) is 0.0167. The first-order chi connectivity index (χ1) is 8.74. The molecule has 2 aliphatic rings. The van der Waals surface area contributed by atoms with E-state index in [9.17, 15) is 8.78 Å². The summed E-state index contributed by atoms with van der Waals surface area (Å²) in [6.07, 6.45) is 1.16. The highest BCUT2D eigenvalue weighted by atomic mass is 35.5. The van der Waals surface area contributed by atoms with Crippen molar-refractivity contribution in [3.63, 3.8) is 0 Å². The number of nitrogens with one attached hydrogen (secondary N) is 1. The Hall–Kier alpha value is -0.710. The monoisotopic (exact) mass is 288 g/mol. The Balaban J connectivity index is 0.00000133. The fourth-order valence-corrected chi connectivity index (χ4v) is 3.17. The van der Waals surface area contributed by atoms with Crippen LogP contribution in [0.2, 0.25) is 0 Å². The summed E-state index contributed by atoms with van der Waals surface area (Å²) in [5, 5.41) is 3.41. The second-order valence-corrected chi connectivity index (χ2v) is 5.42. The Morgan fingerprint density at radius 3 is 2.84 bits per heavy atom. The Kier molecular flexibility index (Phi) is 4.76. The van der Waals surface area contributed by atoms with Gasteiger partial charge < -0.3 is 5.32 Å². The molecule has 0 radical (unpaired) electrons. The van der Waals surface area contributed by atoms with Crippen LogP contribution in [-0.4, -0.2) is 31.1 Å². The van der Waals surface area contributed by atoms with Gasteiger partial charge in [0, 0.05) is 18.7 Å². The molecule has 0 aliphatic carbocycles. The third kappa shape index (κ3) is 3.07. The van der Waals surface area contributed by atoms with E-state index in [-0.39, 0.29) is 12.4 Å². The van der Waals surface area contributed by atoms with Crippen LogP contribution in [0.3, 0.4) is 0 Å². The first kappa shape index (κ1) is 14.7. The summed E-state index contributed by atoms with van der Waals surface area (Å²) in [7, 11) is 0. The number of halogens is 3. The fraction of sp³-hybridized carbons (Fsp3) is 0.571. The molecule has 0 spiro atoms. The number of hydrogen-bond acceptors (Lipinski definition) is 2. The third-order valence-corrected chi connectivity index (χ3v) is 4.21. The number of rotatable bonds is 2. The van der Waals surface area contributed by atoms with Crippen LogP contribution in [0.4, 0.5) is 8.78 Å². The maximum Gasteiger partial charge on any atom is 0.163 e. The Morgan fingerprint density at radius 2 is 2.00 bits per heavy atom. The van der Waals surface area contributed by atoms with E-state index in [1.165, 1.54) is 6.07 Å². The van der Waals surface area contributed by atoms with Crippen molar-refractivity contribution >= 4 is 12.4 Å². The van der Waals surface area contributed by atoms with Gasteiger partial charge in [-0.05, 0) is 44.0 Å². The molecule has 0 bridgehead atoms. The molecule has 3 rings (SSSR count). The molecule has 2 aliphatic heterocycles. The highest BCUT2D eigenvalue weighted by Crippen LogP contribution is 2.27. The van der Waals surface area contributed by atoms with Crippen LogP contribution in [0.1, 0.15) is 12.0 Å². The summed E-state index contributed by atoms with van der Waals surface area (Å²) in [6, 6.07) is 4.43. The van der Waals surface area contributed by atoms with Crippen molar-refractivity contribution in [1.82, 2.24) is 10.2 Å². The maximum absolute atomic E-state index is 13.6. The maximum atomic E-state index is 13.6. The number of hydrogen-bond donors (Lipinski definition) is 1. The quantitative estimate of drug-likeness (QED) is 0.899. The number of piperidine rings is 1. The minimum absolute atomic E-state index is 0. The van der Waals surface area contributed by atoms with Crippen molar-refractivity contribution in [3.05, 3.63) is 35.4 Å². The lowest BCUT2D eigenvalue weighted by molar-refractivity contribution is 0.140. The molecule has 106 valence electrons. The van der Waals surface area contributed by atoms with Gasteiger partial charge in [0.05, 0.1) is 0 Å². The molecule has 0 amide bonds. The minimum Gasteiger partial charge on any atom is -0.316 e. The zero-order chi connectivity index (χ0) is 12.5. The molecule has 2 heterocycles. The van der Waals surface area contributed by atoms with Crippen LogP contribution in [0, 0.1) is 23.5 Å². The molecule has 2 saturated heterocycles. The van der Waals surface area contributed by atoms with Gasteiger partial charge in [-0.1, -0.05) is 12.1 Å². The summed E-state index contributed by atoms with van der Waals surface area (Å²) < 4.78 is 26.8. The third-order valence-electron chi connectivity index (χ3n) is 4.21. The first-order valence-corrected chi connectivity index (χ1v) is 6.60. The lowest BCUT2D eigenvalue weighted by atomic mass is 9.88. The highest BCUT2D eigenvalue weighted by molar-refractivity contribution is 5.85. The standard InChI is InChI=1S/C14H18F2N2.ClH/c15-13-3-1-2-11(14(13)16)8-18-5-4-10-6-17-7-12(10)9-18;/h1-3,10,12,17H,4-9H2;1H. The molecule has 0 aromatic heterocycles. The first-order valence-electron chi connectivity index (χ1n) is 6.60. The second-order valence-electron chi connectivity index (χ2n) is 5.42. The van der Waals surface area contributed by atoms with Crippen molar-refractivity contribution in [3.8, 4) is 0 Å². The molecule has 19 heavy (non-hydrogen) atoms. The smallest absolute Gasteiger partial charge is 0.163 e. The normalized spacial score (nSPS) is 26.8. The van der Waals surface area contributed by atoms with Crippen LogP contribution >= 0.6 is 12.4 Å². The van der Waals surface area contributed by atoms with E-state index in [4.69, 9.17) is 0 Å². The molecule has 5 heteroatoms. The van der Waals surface area contributed by atoms with Crippen LogP contribution in [0.25, 0.3) is 0 Å². The average Bonchev–Trinajstić information content (AvgIpc) is 2.82. The van der Waals surface area contributed by atoms with Gasteiger partial charge in [-0.15, -0.1) is 12.4 Å². The highest BCUT2D eigenvalue weighted by Gasteiger charge is 2.32. The lowest BCUT2D eigenvalue weighted by Gasteiger charge is -2.34. The number of nitrogens with zero attached hydrogens (tertiary/aromatic N) is 1. The van der Waals surface area contributed by atoms with Crippen molar-refractivity contribution in [2.45, 2.75) is 13.0 Å². The van der Waals surface area contributed by atoms with E-state index in [2.05, 4.69) is 10.2 Å². The number of likely N-dealkylation sites (tertiary alicyclic amines) is 1. The predicted octanol–water partition coefficient (Wildman–Crippen LogP) is 2.43. The van der Waals surface area contributed by atoms with Crippen molar-refractivity contribution in [2.75, 3.05) is 26.2 Å². The van der Waals surface area contributed by atoms with Crippen LogP contribution < -0.4 is 5.32 Å². The van der Waals surface area contributed by atoms with E-state index < -0.39 is 11.6 Å². The van der Waals surface area contributed by atoms with Crippen LogP contribution in [0.15, 0.2) is 18.2 Å². The van der Waals surface area contributed by atoms with Gasteiger partial charge in [0.15, 0.2) is 11.6 Å². The lowest BCUT2D eigenvalue weighted by Crippen LogP contribution is -2.39. The van der Waals surface area contributed by atoms with Crippen molar-refractivity contribution in [2.24, 2.45) is 11.8 Å². The molecule has 1 N–H and O–H groups in total. The fourth-order valence-electron chi connectivity index (χ4n) is 3.17. The molecule has 2 fully saturated rings. The van der Waals surface area contributed by atoms with Gasteiger partial charge in [0.2, 0.25) is 0 Å². The van der Waals surface area contributed by atoms with E-state index in [0.717, 1.165) is 38.5 Å². The minimum atomic E-state index is -0.745. The van der Waals surface area contributed by atoms with E-state index in [1.54, 1.807) is 12.1 Å². The number of fused-ring (bicyclic) bond motifs is 1. The Labute approximate surface area is 118 Å². The predicted molar refractivity (Wildman–Crippen MR) is 73.3 cm³/mol. The van der Waals surface area contributed by atoms with Crippen molar-refractivity contribution < 1.29 is 8.78 Å². The zero-order valence-electron chi connectivity index (χ0n) is 10.7. The average molecular weight is 289 g/mol. The molecule has 2 atom stereocenters. The van der Waals surface area contributed by atoms with Crippen LogP contribution in [0.5, 0.6) is 0 Å². The van der Waals surface area contributed by atoms with Crippen LogP contribution in [-0.2, 0) is 6.54 Å². The van der Waals surface area contributed by atoms with E-state index in [1.807, 2.05) is 0 Å². The van der Waals surface area contributed by atoms with Gasteiger partial charge >= 0.3 is 0 Å². The van der Waals surface area contributed by atoms with Gasteiger partial charge in [-0.2, -0.15) is 0 Å². The molecule has 2 nitrogen and oxygen atoms in total. The Bertz CT molecular complexity index is 441.